The topological polar surface area (TPSA) is 82.5 Å². The second kappa shape index (κ2) is 5.16. The average Bonchev–Trinajstić information content (AvgIpc) is 3.03. The van der Waals surface area contributed by atoms with Crippen LogP contribution < -0.4 is 5.73 Å². The molecule has 0 amide bonds. The summed E-state index contributed by atoms with van der Waals surface area (Å²) < 4.78 is 1.92. The summed E-state index contributed by atoms with van der Waals surface area (Å²) in [6.07, 6.45) is 4.80. The van der Waals surface area contributed by atoms with E-state index in [4.69, 9.17) is 5.73 Å². The summed E-state index contributed by atoms with van der Waals surface area (Å²) in [5.41, 5.74) is 7.55. The van der Waals surface area contributed by atoms with E-state index in [1.54, 1.807) is 0 Å². The van der Waals surface area contributed by atoms with E-state index in [-0.39, 0.29) is 0 Å². The maximum absolute atomic E-state index is 5.95. The van der Waals surface area contributed by atoms with Gasteiger partial charge in [0, 0.05) is 5.69 Å². The van der Waals surface area contributed by atoms with Gasteiger partial charge in [-0.3, -0.25) is 0 Å². The van der Waals surface area contributed by atoms with Crippen LogP contribution in [0, 0.1) is 6.92 Å². The molecule has 7 heteroatoms. The molecule has 19 heavy (non-hydrogen) atoms. The van der Waals surface area contributed by atoms with E-state index < -0.39 is 0 Å². The second-order valence-electron chi connectivity index (χ2n) is 4.79. The molecule has 2 aromatic heterocycles. The molecule has 0 atom stereocenters. The summed E-state index contributed by atoms with van der Waals surface area (Å²) in [6.45, 7) is 1.95. The van der Waals surface area contributed by atoms with Crippen LogP contribution in [-0.4, -0.2) is 25.2 Å². The Morgan fingerprint density at radius 2 is 2.11 bits per heavy atom. The number of aromatic nitrogens is 5. The number of hydrogen-bond acceptors (Lipinski definition) is 6. The number of pyridine rings is 1. The van der Waals surface area contributed by atoms with Crippen LogP contribution in [0.15, 0.2) is 22.3 Å². The lowest BCUT2D eigenvalue weighted by atomic mass is 10.3. The molecule has 0 unspecified atom stereocenters. The van der Waals surface area contributed by atoms with Gasteiger partial charge in [-0.25, -0.2) is 9.67 Å². The Labute approximate surface area is 115 Å². The Morgan fingerprint density at radius 3 is 2.89 bits per heavy atom. The number of rotatable bonds is 3. The Hall–Kier alpha value is -1.63. The van der Waals surface area contributed by atoms with Gasteiger partial charge >= 0.3 is 0 Å². The minimum Gasteiger partial charge on any atom is -0.397 e. The zero-order chi connectivity index (χ0) is 13.2. The minimum absolute atomic E-state index is 0.420. The standard InChI is InChI=1S/C12H16N6S/c1-8-6-7-10(13)11(14-8)19-12-15-16-17-18(12)9-4-2-3-5-9/h6-7,9H,2-5,13H2,1H3. The highest BCUT2D eigenvalue weighted by molar-refractivity contribution is 7.99. The molecule has 0 aliphatic heterocycles. The van der Waals surface area contributed by atoms with E-state index in [1.807, 2.05) is 23.7 Å². The molecule has 1 aliphatic rings. The lowest BCUT2D eigenvalue weighted by Crippen LogP contribution is -2.08. The van der Waals surface area contributed by atoms with Crippen LogP contribution in [0.5, 0.6) is 0 Å². The molecule has 2 N–H and O–H groups in total. The van der Waals surface area contributed by atoms with Crippen LogP contribution in [-0.2, 0) is 0 Å². The largest absolute Gasteiger partial charge is 0.397 e. The first kappa shape index (κ1) is 12.4. The van der Waals surface area contributed by atoms with E-state index in [0.717, 1.165) is 28.7 Å². The van der Waals surface area contributed by atoms with Crippen molar-refractivity contribution in [1.82, 2.24) is 25.2 Å². The van der Waals surface area contributed by atoms with E-state index in [1.165, 1.54) is 24.6 Å². The Bertz CT molecular complexity index is 575. The maximum Gasteiger partial charge on any atom is 0.215 e. The van der Waals surface area contributed by atoms with Crippen molar-refractivity contribution in [2.45, 2.75) is 48.8 Å². The van der Waals surface area contributed by atoms with Crippen LogP contribution in [0.1, 0.15) is 37.4 Å². The predicted octanol–water partition coefficient (Wildman–Crippen LogP) is 2.23. The number of aryl methyl sites for hydroxylation is 1. The van der Waals surface area contributed by atoms with Crippen LogP contribution in [0.4, 0.5) is 5.69 Å². The molecule has 2 aromatic rings. The molecule has 0 spiro atoms. The van der Waals surface area contributed by atoms with Gasteiger partial charge in [0.05, 0.1) is 11.7 Å². The summed E-state index contributed by atoms with van der Waals surface area (Å²) in [4.78, 5) is 4.44. The number of tetrazole rings is 1. The Balaban J connectivity index is 1.87. The van der Waals surface area contributed by atoms with Crippen molar-refractivity contribution in [2.75, 3.05) is 5.73 Å². The fourth-order valence-corrected chi connectivity index (χ4v) is 3.25. The Morgan fingerprint density at radius 1 is 1.32 bits per heavy atom. The van der Waals surface area contributed by atoms with Crippen LogP contribution >= 0.6 is 11.8 Å². The fourth-order valence-electron chi connectivity index (χ4n) is 2.34. The normalized spacial score (nSPS) is 16.1. The highest BCUT2D eigenvalue weighted by Gasteiger charge is 2.22. The summed E-state index contributed by atoms with van der Waals surface area (Å²) in [6, 6.07) is 4.19. The van der Waals surface area contributed by atoms with Crippen LogP contribution in [0.2, 0.25) is 0 Å². The van der Waals surface area contributed by atoms with Crippen molar-refractivity contribution < 1.29 is 0 Å². The number of nitrogen functional groups attached to an aromatic ring is 1. The lowest BCUT2D eigenvalue weighted by Gasteiger charge is -2.11. The van der Waals surface area contributed by atoms with E-state index in [2.05, 4.69) is 20.5 Å². The van der Waals surface area contributed by atoms with Gasteiger partial charge < -0.3 is 5.73 Å². The maximum atomic E-state index is 5.95. The van der Waals surface area contributed by atoms with Crippen molar-refractivity contribution in [3.63, 3.8) is 0 Å². The third-order valence-corrected chi connectivity index (χ3v) is 4.32. The quantitative estimate of drug-likeness (QED) is 0.925. The van der Waals surface area contributed by atoms with Crippen molar-refractivity contribution >= 4 is 17.4 Å². The average molecular weight is 276 g/mol. The third kappa shape index (κ3) is 2.56. The lowest BCUT2D eigenvalue weighted by molar-refractivity contribution is 0.423. The first-order valence-corrected chi connectivity index (χ1v) is 7.24. The van der Waals surface area contributed by atoms with Crippen molar-refractivity contribution in [3.05, 3.63) is 17.8 Å². The van der Waals surface area contributed by atoms with E-state index in [0.29, 0.717) is 11.7 Å². The first-order chi connectivity index (χ1) is 9.24. The van der Waals surface area contributed by atoms with Crippen LogP contribution in [0.3, 0.4) is 0 Å². The highest BCUT2D eigenvalue weighted by Crippen LogP contribution is 2.34. The number of nitrogens with two attached hydrogens (primary N) is 1. The highest BCUT2D eigenvalue weighted by atomic mass is 32.2. The molecule has 6 nitrogen and oxygen atoms in total. The third-order valence-electron chi connectivity index (χ3n) is 3.35. The zero-order valence-corrected chi connectivity index (χ0v) is 11.6. The second-order valence-corrected chi connectivity index (χ2v) is 5.75. The first-order valence-electron chi connectivity index (χ1n) is 6.43. The molecular weight excluding hydrogens is 260 g/mol. The van der Waals surface area contributed by atoms with Crippen molar-refractivity contribution in [3.8, 4) is 0 Å². The SMILES string of the molecule is Cc1ccc(N)c(Sc2nnnn2C2CCCC2)n1. The van der Waals surface area contributed by atoms with E-state index >= 15 is 0 Å². The smallest absolute Gasteiger partial charge is 0.215 e. The molecule has 1 aliphatic carbocycles. The number of anilines is 1. The van der Waals surface area contributed by atoms with Crippen molar-refractivity contribution in [2.24, 2.45) is 0 Å². The molecule has 1 fully saturated rings. The van der Waals surface area contributed by atoms with Gasteiger partial charge in [-0.15, -0.1) is 5.10 Å². The van der Waals surface area contributed by atoms with E-state index in [9.17, 15) is 0 Å². The van der Waals surface area contributed by atoms with Gasteiger partial charge in [-0.1, -0.05) is 12.8 Å². The molecule has 0 saturated heterocycles. The summed E-state index contributed by atoms with van der Waals surface area (Å²) in [5.74, 6) is 0. The molecule has 3 rings (SSSR count). The van der Waals surface area contributed by atoms with Crippen LogP contribution in [0.25, 0.3) is 0 Å². The summed E-state index contributed by atoms with van der Waals surface area (Å²) >= 11 is 1.44. The summed E-state index contributed by atoms with van der Waals surface area (Å²) in [7, 11) is 0. The predicted molar refractivity (Wildman–Crippen MR) is 72.8 cm³/mol. The molecular formula is C12H16N6S. The van der Waals surface area contributed by atoms with Gasteiger partial charge in [-0.2, -0.15) is 0 Å². The number of nitrogens with zero attached hydrogens (tertiary/aromatic N) is 5. The molecule has 2 heterocycles. The summed E-state index contributed by atoms with van der Waals surface area (Å²) in [5, 5.41) is 13.5. The Kier molecular flexibility index (Phi) is 3.37. The van der Waals surface area contributed by atoms with Gasteiger partial charge in [0.2, 0.25) is 5.16 Å². The van der Waals surface area contributed by atoms with Gasteiger partial charge in [0.15, 0.2) is 0 Å². The molecule has 0 bridgehead atoms. The van der Waals surface area contributed by atoms with Gasteiger partial charge in [0.25, 0.3) is 0 Å². The zero-order valence-electron chi connectivity index (χ0n) is 10.8. The molecule has 100 valence electrons. The molecule has 0 radical (unpaired) electrons. The monoisotopic (exact) mass is 276 g/mol. The van der Waals surface area contributed by atoms with Crippen molar-refractivity contribution in [1.29, 1.82) is 0 Å². The van der Waals surface area contributed by atoms with Gasteiger partial charge in [0.1, 0.15) is 5.03 Å². The molecule has 1 saturated carbocycles. The number of hydrogen-bond donors (Lipinski definition) is 1. The molecule has 0 aromatic carbocycles. The fraction of sp³-hybridized carbons (Fsp3) is 0.500. The minimum atomic E-state index is 0.420. The van der Waals surface area contributed by atoms with Gasteiger partial charge in [-0.05, 0) is 54.1 Å².